The number of rotatable bonds is 11. The van der Waals surface area contributed by atoms with Crippen LogP contribution in [0, 0.1) is 17.8 Å². The number of aromatic nitrogens is 2. The standard InChI is InChI=1S/C40H41ClN6O5/c1-42-39(50)33(14-8-11-25-9-4-2-5-10-25)44-38(49)32-24-46(37(48)17-27-20-43-34-18-29(41)15-16-30(27)34)21-28-22-47(23-31(28)32)40(51)35-19-36(52-45-35)26-12-6-3-7-13-26/h2-7,9-10,12-13,15-16,18-20,28,31-33,43H,8,11,14,17,21-24H2,1H3,(H,42,50)(H,44,49)/t28?,31?,32?,33-/m0/s1. The van der Waals surface area contributed by atoms with Crippen LogP contribution in [0.15, 0.2) is 95.6 Å². The van der Waals surface area contributed by atoms with Gasteiger partial charge in [-0.2, -0.15) is 0 Å². The number of carbonyl (C=O) groups is 4. The number of benzene rings is 3. The summed E-state index contributed by atoms with van der Waals surface area (Å²) in [5.41, 5.74) is 3.82. The Morgan fingerprint density at radius 3 is 2.46 bits per heavy atom. The van der Waals surface area contributed by atoms with E-state index in [0.29, 0.717) is 43.3 Å². The summed E-state index contributed by atoms with van der Waals surface area (Å²) >= 11 is 6.18. The molecular weight excluding hydrogens is 680 g/mol. The molecule has 268 valence electrons. The molecule has 4 heterocycles. The van der Waals surface area contributed by atoms with Gasteiger partial charge in [0.05, 0.1) is 12.3 Å². The first-order valence-electron chi connectivity index (χ1n) is 17.7. The number of hydrogen-bond donors (Lipinski definition) is 3. The van der Waals surface area contributed by atoms with Crippen molar-refractivity contribution in [1.29, 1.82) is 0 Å². The third-order valence-electron chi connectivity index (χ3n) is 10.4. The normalized spacial score (nSPS) is 18.9. The Hall–Kier alpha value is -5.42. The summed E-state index contributed by atoms with van der Waals surface area (Å²) < 4.78 is 5.52. The van der Waals surface area contributed by atoms with Crippen LogP contribution in [-0.2, 0) is 27.2 Å². The molecule has 4 amide bonds. The van der Waals surface area contributed by atoms with Gasteiger partial charge in [0.15, 0.2) is 11.5 Å². The molecule has 0 bridgehead atoms. The van der Waals surface area contributed by atoms with Gasteiger partial charge >= 0.3 is 0 Å². The van der Waals surface area contributed by atoms with Crippen molar-refractivity contribution in [3.05, 3.63) is 113 Å². The first-order chi connectivity index (χ1) is 25.3. The Morgan fingerprint density at radius 2 is 1.69 bits per heavy atom. The fourth-order valence-corrected chi connectivity index (χ4v) is 7.83. The average Bonchev–Trinajstić information content (AvgIpc) is 3.93. The van der Waals surface area contributed by atoms with Gasteiger partial charge < -0.3 is 29.9 Å². The van der Waals surface area contributed by atoms with Crippen LogP contribution in [0.3, 0.4) is 0 Å². The lowest BCUT2D eigenvalue weighted by Gasteiger charge is -2.40. The van der Waals surface area contributed by atoms with Gasteiger partial charge in [0.2, 0.25) is 17.7 Å². The van der Waals surface area contributed by atoms with E-state index in [1.807, 2.05) is 79.0 Å². The van der Waals surface area contributed by atoms with Crippen molar-refractivity contribution in [3.63, 3.8) is 0 Å². The number of amides is 4. The van der Waals surface area contributed by atoms with E-state index in [1.54, 1.807) is 29.0 Å². The van der Waals surface area contributed by atoms with Crippen LogP contribution in [0.2, 0.25) is 5.02 Å². The predicted molar refractivity (Wildman–Crippen MR) is 197 cm³/mol. The number of likely N-dealkylation sites (N-methyl/N-ethyl adjacent to an activating group) is 1. The molecule has 2 aliphatic rings. The zero-order valence-electron chi connectivity index (χ0n) is 28.9. The van der Waals surface area contributed by atoms with Crippen molar-refractivity contribution in [1.82, 2.24) is 30.6 Å². The van der Waals surface area contributed by atoms with Crippen molar-refractivity contribution in [2.45, 2.75) is 31.7 Å². The van der Waals surface area contributed by atoms with E-state index in [9.17, 15) is 19.2 Å². The molecule has 2 saturated heterocycles. The van der Waals surface area contributed by atoms with Gasteiger partial charge in [0.1, 0.15) is 6.04 Å². The van der Waals surface area contributed by atoms with Crippen molar-refractivity contribution >= 4 is 46.1 Å². The summed E-state index contributed by atoms with van der Waals surface area (Å²) in [6.07, 6.45) is 3.87. The van der Waals surface area contributed by atoms with Crippen molar-refractivity contribution in [3.8, 4) is 11.3 Å². The van der Waals surface area contributed by atoms with Crippen LogP contribution in [-0.4, -0.2) is 82.8 Å². The molecule has 2 aromatic heterocycles. The molecule has 3 unspecified atom stereocenters. The molecule has 11 nitrogen and oxygen atoms in total. The van der Waals surface area contributed by atoms with E-state index in [1.165, 1.54) is 0 Å². The zero-order chi connectivity index (χ0) is 36.2. The van der Waals surface area contributed by atoms with Crippen molar-refractivity contribution in [2.75, 3.05) is 33.2 Å². The monoisotopic (exact) mass is 720 g/mol. The molecule has 52 heavy (non-hydrogen) atoms. The van der Waals surface area contributed by atoms with Crippen molar-refractivity contribution in [2.24, 2.45) is 17.8 Å². The third kappa shape index (κ3) is 7.60. The molecule has 7 rings (SSSR count). The average molecular weight is 721 g/mol. The Labute approximate surface area is 306 Å². The Morgan fingerprint density at radius 1 is 0.942 bits per heavy atom. The fourth-order valence-electron chi connectivity index (χ4n) is 7.66. The summed E-state index contributed by atoms with van der Waals surface area (Å²) in [4.78, 5) is 61.6. The van der Waals surface area contributed by atoms with Gasteiger partial charge in [-0.1, -0.05) is 83.5 Å². The maximum atomic E-state index is 14.2. The highest BCUT2D eigenvalue weighted by Crippen LogP contribution is 2.37. The molecule has 4 atom stereocenters. The minimum absolute atomic E-state index is 0.119. The van der Waals surface area contributed by atoms with Gasteiger partial charge in [-0.15, -0.1) is 0 Å². The summed E-state index contributed by atoms with van der Waals surface area (Å²) in [5.74, 6) is -1.52. The van der Waals surface area contributed by atoms with Gasteiger partial charge in [0, 0.05) is 67.0 Å². The molecule has 12 heteroatoms. The first kappa shape index (κ1) is 35.0. The second-order valence-corrected chi connectivity index (χ2v) is 14.2. The second kappa shape index (κ2) is 15.4. The molecule has 0 saturated carbocycles. The quantitative estimate of drug-likeness (QED) is 0.173. The van der Waals surface area contributed by atoms with Crippen LogP contribution in [0.4, 0.5) is 0 Å². The Balaban J connectivity index is 1.10. The molecule has 5 aromatic rings. The number of aryl methyl sites for hydroxylation is 1. The number of aromatic amines is 1. The molecule has 0 spiro atoms. The number of halogens is 1. The van der Waals surface area contributed by atoms with Crippen LogP contribution >= 0.6 is 11.6 Å². The lowest BCUT2D eigenvalue weighted by molar-refractivity contribution is -0.140. The topological polar surface area (TPSA) is 141 Å². The number of H-pyrrole nitrogens is 1. The maximum Gasteiger partial charge on any atom is 0.276 e. The van der Waals surface area contributed by atoms with E-state index in [2.05, 4.69) is 20.8 Å². The van der Waals surface area contributed by atoms with Crippen LogP contribution in [0.5, 0.6) is 0 Å². The molecule has 2 fully saturated rings. The number of likely N-dealkylation sites (tertiary alicyclic amines) is 2. The molecule has 2 aliphatic heterocycles. The van der Waals surface area contributed by atoms with Gasteiger partial charge in [-0.25, -0.2) is 0 Å². The molecule has 3 aromatic carbocycles. The maximum absolute atomic E-state index is 14.2. The van der Waals surface area contributed by atoms with Crippen molar-refractivity contribution < 1.29 is 23.7 Å². The molecule has 0 radical (unpaired) electrons. The molecule has 3 N–H and O–H groups in total. The Bertz CT molecular complexity index is 2060. The fraction of sp³-hybridized carbons (Fsp3) is 0.325. The van der Waals surface area contributed by atoms with E-state index >= 15 is 0 Å². The summed E-state index contributed by atoms with van der Waals surface area (Å²) in [6.45, 7) is 1.25. The summed E-state index contributed by atoms with van der Waals surface area (Å²) in [5, 5.41) is 11.3. The summed E-state index contributed by atoms with van der Waals surface area (Å²) in [7, 11) is 1.56. The minimum atomic E-state index is -0.741. The number of nitrogens with zero attached hydrogens (tertiary/aromatic N) is 3. The highest BCUT2D eigenvalue weighted by Gasteiger charge is 2.48. The third-order valence-corrected chi connectivity index (χ3v) is 10.6. The van der Waals surface area contributed by atoms with E-state index < -0.39 is 12.0 Å². The lowest BCUT2D eigenvalue weighted by Crippen LogP contribution is -2.56. The smallest absolute Gasteiger partial charge is 0.276 e. The largest absolute Gasteiger partial charge is 0.361 e. The number of piperidine rings is 1. The second-order valence-electron chi connectivity index (χ2n) is 13.7. The number of carbonyl (C=O) groups excluding carboxylic acids is 4. The highest BCUT2D eigenvalue weighted by atomic mass is 35.5. The zero-order valence-corrected chi connectivity index (χ0v) is 29.6. The van der Waals surface area contributed by atoms with Crippen LogP contribution < -0.4 is 10.6 Å². The van der Waals surface area contributed by atoms with Crippen LogP contribution in [0.1, 0.15) is 34.5 Å². The van der Waals surface area contributed by atoms with E-state index in [-0.39, 0.29) is 54.1 Å². The van der Waals surface area contributed by atoms with Gasteiger partial charge in [-0.3, -0.25) is 19.2 Å². The molecule has 0 aliphatic carbocycles. The van der Waals surface area contributed by atoms with E-state index in [0.717, 1.165) is 34.0 Å². The number of hydrogen-bond acceptors (Lipinski definition) is 6. The van der Waals surface area contributed by atoms with Crippen LogP contribution in [0.25, 0.3) is 22.2 Å². The van der Waals surface area contributed by atoms with E-state index in [4.69, 9.17) is 16.1 Å². The van der Waals surface area contributed by atoms with Gasteiger partial charge in [-0.05, 0) is 54.4 Å². The predicted octanol–water partition coefficient (Wildman–Crippen LogP) is 5.12. The number of nitrogens with one attached hydrogen (secondary N) is 3. The van der Waals surface area contributed by atoms with Gasteiger partial charge in [0.25, 0.3) is 5.91 Å². The lowest BCUT2D eigenvalue weighted by atomic mass is 9.79. The SMILES string of the molecule is CNC(=O)[C@H](CCCc1ccccc1)NC(=O)C1CN(C(=O)Cc2c[nH]c3cc(Cl)ccc23)CC2CN(C(=O)c3cc(-c4ccccc4)on3)CC21. The number of fused-ring (bicyclic) bond motifs is 2. The molecular formula is C40H41ClN6O5. The first-order valence-corrected chi connectivity index (χ1v) is 18.1. The summed E-state index contributed by atoms with van der Waals surface area (Å²) in [6, 6.07) is 25.8. The highest BCUT2D eigenvalue weighted by molar-refractivity contribution is 6.31. The Kier molecular flexibility index (Phi) is 10.4. The minimum Gasteiger partial charge on any atom is -0.361 e.